The van der Waals surface area contributed by atoms with Crippen LogP contribution in [0.3, 0.4) is 0 Å². The van der Waals surface area contributed by atoms with Crippen LogP contribution in [0.2, 0.25) is 19.6 Å². The van der Waals surface area contributed by atoms with Crippen LogP contribution >= 0.6 is 0 Å². The number of nitrogens with zero attached hydrogens (tertiary/aromatic N) is 1. The summed E-state index contributed by atoms with van der Waals surface area (Å²) in [4.78, 5) is 0. The molecule has 0 unspecified atom stereocenters. The quantitative estimate of drug-likeness (QED) is 0.855. The van der Waals surface area contributed by atoms with Crippen LogP contribution in [0.4, 0.5) is 13.2 Å². The number of aromatic amines is 1. The Balaban J connectivity index is 2.49. The fourth-order valence-corrected chi connectivity index (χ4v) is 3.16. The van der Waals surface area contributed by atoms with E-state index < -0.39 is 14.4 Å². The number of fused-ring (bicyclic) bond motifs is 1. The second-order valence-electron chi connectivity index (χ2n) is 5.08. The molecule has 0 atom stereocenters. The Morgan fingerprint density at radius 1 is 1.22 bits per heavy atom. The van der Waals surface area contributed by atoms with Gasteiger partial charge in [-0.25, -0.2) is 0 Å². The maximum Gasteiger partial charge on any atom is 0.573 e. The first-order valence-electron chi connectivity index (χ1n) is 5.41. The highest BCUT2D eigenvalue weighted by molar-refractivity contribution is 6.89. The largest absolute Gasteiger partial charge is 0.573 e. The third-order valence-electron chi connectivity index (χ3n) is 2.51. The molecule has 98 valence electrons. The average Bonchev–Trinajstić information content (AvgIpc) is 2.56. The van der Waals surface area contributed by atoms with Gasteiger partial charge in [-0.3, -0.25) is 5.10 Å². The standard InChI is InChI=1S/C11H13F3N2OSi/c1-18(2,3)10-8-6-7(17-11(12,13)14)4-5-9(8)15-16-10/h4-6H,1-3H3,(H,15,16). The third kappa shape index (κ3) is 2.66. The smallest absolute Gasteiger partial charge is 0.406 e. The van der Waals surface area contributed by atoms with Crippen molar-refractivity contribution in [2.24, 2.45) is 0 Å². The Kier molecular flexibility index (Phi) is 2.88. The minimum atomic E-state index is -4.67. The number of halogens is 3. The maximum absolute atomic E-state index is 12.2. The molecule has 0 saturated carbocycles. The van der Waals surface area contributed by atoms with E-state index in [2.05, 4.69) is 34.6 Å². The zero-order valence-electron chi connectivity index (χ0n) is 10.2. The highest BCUT2D eigenvalue weighted by Crippen LogP contribution is 2.25. The first kappa shape index (κ1) is 12.9. The predicted molar refractivity (Wildman–Crippen MR) is 65.8 cm³/mol. The van der Waals surface area contributed by atoms with Gasteiger partial charge in [-0.2, -0.15) is 5.10 Å². The van der Waals surface area contributed by atoms with Gasteiger partial charge in [0.25, 0.3) is 0 Å². The summed E-state index contributed by atoms with van der Waals surface area (Å²) >= 11 is 0. The molecule has 2 rings (SSSR count). The van der Waals surface area contributed by atoms with Crippen molar-refractivity contribution >= 4 is 24.3 Å². The summed E-state index contributed by atoms with van der Waals surface area (Å²) in [6.45, 7) is 6.28. The van der Waals surface area contributed by atoms with Crippen molar-refractivity contribution in [2.75, 3.05) is 0 Å². The van der Waals surface area contributed by atoms with Gasteiger partial charge < -0.3 is 4.74 Å². The third-order valence-corrected chi connectivity index (χ3v) is 4.39. The summed E-state index contributed by atoms with van der Waals surface area (Å²) in [5, 5.41) is 8.64. The van der Waals surface area contributed by atoms with Crippen molar-refractivity contribution in [3.8, 4) is 5.75 Å². The van der Waals surface area contributed by atoms with Crippen LogP contribution in [0, 0.1) is 0 Å². The van der Waals surface area contributed by atoms with Gasteiger partial charge in [0.1, 0.15) is 13.8 Å². The number of rotatable bonds is 2. The van der Waals surface area contributed by atoms with Gasteiger partial charge in [-0.05, 0) is 18.2 Å². The molecule has 1 aromatic heterocycles. The van der Waals surface area contributed by atoms with E-state index in [1.807, 2.05) is 0 Å². The Morgan fingerprint density at radius 2 is 1.89 bits per heavy atom. The molecule has 0 aliphatic carbocycles. The molecule has 3 nitrogen and oxygen atoms in total. The molecule has 0 saturated heterocycles. The van der Waals surface area contributed by atoms with E-state index in [4.69, 9.17) is 0 Å². The number of nitrogens with one attached hydrogen (secondary N) is 1. The van der Waals surface area contributed by atoms with Crippen LogP contribution < -0.4 is 10.1 Å². The van der Waals surface area contributed by atoms with Crippen LogP contribution in [-0.2, 0) is 0 Å². The zero-order valence-corrected chi connectivity index (χ0v) is 11.2. The lowest BCUT2D eigenvalue weighted by Gasteiger charge is -2.14. The molecule has 0 spiro atoms. The molecule has 0 aliphatic rings. The van der Waals surface area contributed by atoms with Crippen molar-refractivity contribution in [3.63, 3.8) is 0 Å². The summed E-state index contributed by atoms with van der Waals surface area (Å²) in [5.74, 6) is -0.212. The monoisotopic (exact) mass is 274 g/mol. The van der Waals surface area contributed by atoms with E-state index in [-0.39, 0.29) is 5.75 Å². The van der Waals surface area contributed by atoms with Gasteiger partial charge in [0.2, 0.25) is 0 Å². The van der Waals surface area contributed by atoms with Crippen LogP contribution in [0.1, 0.15) is 0 Å². The first-order chi connectivity index (χ1) is 8.17. The highest BCUT2D eigenvalue weighted by Gasteiger charge is 2.31. The second kappa shape index (κ2) is 4.01. The molecule has 0 bridgehead atoms. The van der Waals surface area contributed by atoms with E-state index in [1.54, 1.807) is 0 Å². The minimum absolute atomic E-state index is 0.212. The number of alkyl halides is 3. The van der Waals surface area contributed by atoms with E-state index in [1.165, 1.54) is 18.2 Å². The SMILES string of the molecule is C[Si](C)(C)c1[nH]nc2ccc(OC(F)(F)F)cc12. The summed E-state index contributed by atoms with van der Waals surface area (Å²) in [6, 6.07) is 4.18. The number of hydrogen-bond acceptors (Lipinski definition) is 2. The number of ether oxygens (including phenoxy) is 1. The molecular formula is C11H13F3N2OSi. The van der Waals surface area contributed by atoms with Gasteiger partial charge in [0.05, 0.1) is 5.52 Å². The van der Waals surface area contributed by atoms with E-state index >= 15 is 0 Å². The molecule has 0 radical (unpaired) electrons. The second-order valence-corrected chi connectivity index (χ2v) is 10.1. The van der Waals surface area contributed by atoms with Crippen LogP contribution in [0.25, 0.3) is 10.9 Å². The Morgan fingerprint density at radius 3 is 2.44 bits per heavy atom. The van der Waals surface area contributed by atoms with Gasteiger partial charge in [-0.15, -0.1) is 13.2 Å². The molecule has 2 aromatic rings. The molecule has 0 fully saturated rings. The van der Waals surface area contributed by atoms with Gasteiger partial charge >= 0.3 is 6.36 Å². The van der Waals surface area contributed by atoms with Crippen LogP contribution in [0.15, 0.2) is 18.2 Å². The summed E-state index contributed by atoms with van der Waals surface area (Å²) in [7, 11) is -1.68. The fourth-order valence-electron chi connectivity index (χ4n) is 1.76. The van der Waals surface area contributed by atoms with Crippen molar-refractivity contribution < 1.29 is 17.9 Å². The molecule has 7 heteroatoms. The lowest BCUT2D eigenvalue weighted by molar-refractivity contribution is -0.274. The number of H-pyrrole nitrogens is 1. The molecule has 0 amide bonds. The summed E-state index contributed by atoms with van der Waals surface area (Å²) in [6.07, 6.45) is -4.67. The summed E-state index contributed by atoms with van der Waals surface area (Å²) in [5.41, 5.74) is 0.655. The molecule has 0 aliphatic heterocycles. The van der Waals surface area contributed by atoms with Gasteiger partial charge in [0, 0.05) is 10.7 Å². The number of aromatic nitrogens is 2. The molecule has 1 N–H and O–H groups in total. The lowest BCUT2D eigenvalue weighted by Crippen LogP contribution is -2.39. The van der Waals surface area contributed by atoms with Crippen molar-refractivity contribution in [3.05, 3.63) is 18.2 Å². The first-order valence-corrected chi connectivity index (χ1v) is 8.91. The van der Waals surface area contributed by atoms with E-state index in [9.17, 15) is 13.2 Å². The van der Waals surface area contributed by atoms with Gasteiger partial charge in [-0.1, -0.05) is 19.6 Å². The van der Waals surface area contributed by atoms with E-state index in [0.29, 0.717) is 10.9 Å². The van der Waals surface area contributed by atoms with Crippen molar-refractivity contribution in [2.45, 2.75) is 26.0 Å². The van der Waals surface area contributed by atoms with Crippen molar-refractivity contribution in [1.82, 2.24) is 10.2 Å². The lowest BCUT2D eigenvalue weighted by atomic mass is 10.2. The number of hydrogen-bond donors (Lipinski definition) is 1. The van der Waals surface area contributed by atoms with Crippen LogP contribution in [0.5, 0.6) is 5.75 Å². The predicted octanol–water partition coefficient (Wildman–Crippen LogP) is 3.01. The average molecular weight is 274 g/mol. The van der Waals surface area contributed by atoms with E-state index in [0.717, 1.165) is 5.32 Å². The minimum Gasteiger partial charge on any atom is -0.406 e. The molecular weight excluding hydrogens is 261 g/mol. The molecule has 18 heavy (non-hydrogen) atoms. The van der Waals surface area contributed by atoms with Crippen LogP contribution in [-0.4, -0.2) is 24.6 Å². The zero-order chi connectivity index (χ0) is 13.6. The molecule has 1 aromatic carbocycles. The normalized spacial score (nSPS) is 13.0. The number of benzene rings is 1. The highest BCUT2D eigenvalue weighted by atomic mass is 28.3. The topological polar surface area (TPSA) is 37.9 Å². The Bertz CT molecular complexity index is 572. The molecule has 1 heterocycles. The van der Waals surface area contributed by atoms with Gasteiger partial charge in [0.15, 0.2) is 0 Å². The maximum atomic E-state index is 12.2. The Hall–Kier alpha value is -1.50. The van der Waals surface area contributed by atoms with Crippen molar-refractivity contribution in [1.29, 1.82) is 0 Å². The Labute approximate surface area is 103 Å². The fraction of sp³-hybridized carbons (Fsp3) is 0.364. The summed E-state index contributed by atoms with van der Waals surface area (Å²) < 4.78 is 40.4.